The summed E-state index contributed by atoms with van der Waals surface area (Å²) in [6.45, 7) is 1.37. The van der Waals surface area contributed by atoms with E-state index in [4.69, 9.17) is 9.84 Å². The molecule has 1 unspecified atom stereocenters. The first-order chi connectivity index (χ1) is 12.9. The van der Waals surface area contributed by atoms with Crippen LogP contribution in [0.15, 0.2) is 24.3 Å². The fourth-order valence-electron chi connectivity index (χ4n) is 3.10. The maximum atomic E-state index is 12.3. The van der Waals surface area contributed by atoms with Crippen molar-refractivity contribution in [3.63, 3.8) is 0 Å². The second-order valence-electron chi connectivity index (χ2n) is 6.93. The number of nitrogens with one attached hydrogen (secondary N) is 2. The van der Waals surface area contributed by atoms with Gasteiger partial charge in [0.15, 0.2) is 0 Å². The first-order valence-electron chi connectivity index (χ1n) is 9.48. The SMILES string of the molecule is CC(OC1CCCCCC1)C(=O)Nc1ccc(CC(=O)NCC(=O)O)cc1. The molecule has 148 valence electrons. The fourth-order valence-corrected chi connectivity index (χ4v) is 3.10. The maximum absolute atomic E-state index is 12.3. The minimum absolute atomic E-state index is 0.0860. The molecule has 1 saturated carbocycles. The Labute approximate surface area is 159 Å². The third kappa shape index (κ3) is 7.78. The summed E-state index contributed by atoms with van der Waals surface area (Å²) in [5.41, 5.74) is 1.37. The normalized spacial score (nSPS) is 16.2. The molecular formula is C20H28N2O5. The van der Waals surface area contributed by atoms with Gasteiger partial charge in [0, 0.05) is 5.69 Å². The minimum atomic E-state index is -1.08. The van der Waals surface area contributed by atoms with Gasteiger partial charge in [0.1, 0.15) is 12.6 Å². The Morgan fingerprint density at radius 3 is 2.33 bits per heavy atom. The summed E-state index contributed by atoms with van der Waals surface area (Å²) in [6, 6.07) is 6.89. The average molecular weight is 376 g/mol. The molecule has 0 spiro atoms. The summed E-state index contributed by atoms with van der Waals surface area (Å²) in [5, 5.41) is 13.7. The molecule has 1 aliphatic rings. The number of carboxylic acid groups (broad SMARTS) is 1. The summed E-state index contributed by atoms with van der Waals surface area (Å²) in [5.74, 6) is -1.63. The highest BCUT2D eigenvalue weighted by molar-refractivity contribution is 5.94. The van der Waals surface area contributed by atoms with Crippen molar-refractivity contribution in [3.8, 4) is 0 Å². The third-order valence-electron chi connectivity index (χ3n) is 4.59. The second-order valence-corrected chi connectivity index (χ2v) is 6.93. The van der Waals surface area contributed by atoms with Gasteiger partial charge < -0.3 is 20.5 Å². The molecule has 2 rings (SSSR count). The molecule has 1 atom stereocenters. The first-order valence-corrected chi connectivity index (χ1v) is 9.48. The summed E-state index contributed by atoms with van der Waals surface area (Å²) < 4.78 is 5.91. The Hall–Kier alpha value is -2.41. The van der Waals surface area contributed by atoms with Gasteiger partial charge >= 0.3 is 5.97 Å². The van der Waals surface area contributed by atoms with Crippen LogP contribution in [0.3, 0.4) is 0 Å². The Kier molecular flexibility index (Phi) is 8.26. The molecule has 1 fully saturated rings. The van der Waals surface area contributed by atoms with Gasteiger partial charge in [-0.05, 0) is 37.5 Å². The Balaban J connectivity index is 1.79. The summed E-state index contributed by atoms with van der Waals surface area (Å²) in [7, 11) is 0. The van der Waals surface area contributed by atoms with Gasteiger partial charge in [0.25, 0.3) is 5.91 Å². The van der Waals surface area contributed by atoms with Gasteiger partial charge in [0.05, 0.1) is 12.5 Å². The predicted octanol–water partition coefficient (Wildman–Crippen LogP) is 2.50. The Morgan fingerprint density at radius 1 is 1.11 bits per heavy atom. The smallest absolute Gasteiger partial charge is 0.322 e. The molecule has 0 saturated heterocycles. The predicted molar refractivity (Wildman–Crippen MR) is 101 cm³/mol. The summed E-state index contributed by atoms with van der Waals surface area (Å²) in [4.78, 5) is 34.4. The van der Waals surface area contributed by atoms with E-state index in [1.807, 2.05) is 0 Å². The van der Waals surface area contributed by atoms with E-state index in [1.54, 1.807) is 31.2 Å². The number of carboxylic acids is 1. The lowest BCUT2D eigenvalue weighted by Crippen LogP contribution is -2.31. The van der Waals surface area contributed by atoms with E-state index in [0.29, 0.717) is 5.69 Å². The summed E-state index contributed by atoms with van der Waals surface area (Å²) in [6.07, 6.45) is 6.52. The zero-order valence-electron chi connectivity index (χ0n) is 15.7. The number of hydrogen-bond acceptors (Lipinski definition) is 4. The van der Waals surface area contributed by atoms with Crippen LogP contribution in [0.2, 0.25) is 0 Å². The van der Waals surface area contributed by atoms with Crippen LogP contribution in [0.25, 0.3) is 0 Å². The molecule has 1 aliphatic carbocycles. The standard InChI is InChI=1S/C20H28N2O5/c1-14(27-17-6-4-2-3-5-7-17)20(26)22-16-10-8-15(9-11-16)12-18(23)21-13-19(24)25/h8-11,14,17H,2-7,12-13H2,1H3,(H,21,23)(H,22,26)(H,24,25). The van der Waals surface area contributed by atoms with Crippen LogP contribution in [0, 0.1) is 0 Å². The molecule has 7 heteroatoms. The lowest BCUT2D eigenvalue weighted by Gasteiger charge is -2.20. The van der Waals surface area contributed by atoms with Gasteiger partial charge in [-0.1, -0.05) is 37.8 Å². The van der Waals surface area contributed by atoms with Crippen LogP contribution in [-0.2, 0) is 25.5 Å². The van der Waals surface area contributed by atoms with Crippen LogP contribution >= 0.6 is 0 Å². The highest BCUT2D eigenvalue weighted by atomic mass is 16.5. The van der Waals surface area contributed by atoms with Gasteiger partial charge in [-0.25, -0.2) is 0 Å². The van der Waals surface area contributed by atoms with Gasteiger partial charge in [-0.15, -0.1) is 0 Å². The van der Waals surface area contributed by atoms with Crippen molar-refractivity contribution in [1.29, 1.82) is 0 Å². The first kappa shape index (κ1) is 20.9. The largest absolute Gasteiger partial charge is 0.480 e. The van der Waals surface area contributed by atoms with E-state index in [-0.39, 0.29) is 24.3 Å². The van der Waals surface area contributed by atoms with E-state index in [1.165, 1.54) is 12.8 Å². The van der Waals surface area contributed by atoms with Gasteiger partial charge in [-0.2, -0.15) is 0 Å². The molecule has 2 amide bonds. The molecule has 7 nitrogen and oxygen atoms in total. The summed E-state index contributed by atoms with van der Waals surface area (Å²) >= 11 is 0. The molecule has 0 radical (unpaired) electrons. The third-order valence-corrected chi connectivity index (χ3v) is 4.59. The quantitative estimate of drug-likeness (QED) is 0.605. The Bertz CT molecular complexity index is 636. The molecule has 0 aromatic heterocycles. The second kappa shape index (κ2) is 10.7. The van der Waals surface area contributed by atoms with E-state index >= 15 is 0 Å². The molecular weight excluding hydrogens is 348 g/mol. The van der Waals surface area contributed by atoms with Crippen molar-refractivity contribution in [2.24, 2.45) is 0 Å². The highest BCUT2D eigenvalue weighted by Gasteiger charge is 2.20. The lowest BCUT2D eigenvalue weighted by atomic mass is 10.1. The zero-order valence-corrected chi connectivity index (χ0v) is 15.7. The molecule has 0 bridgehead atoms. The van der Waals surface area contributed by atoms with Crippen molar-refractivity contribution in [2.45, 2.75) is 64.1 Å². The van der Waals surface area contributed by atoms with E-state index in [9.17, 15) is 14.4 Å². The van der Waals surface area contributed by atoms with Crippen LogP contribution in [0.5, 0.6) is 0 Å². The minimum Gasteiger partial charge on any atom is -0.480 e. The molecule has 0 heterocycles. The van der Waals surface area contributed by atoms with E-state index in [0.717, 1.165) is 31.2 Å². The molecule has 3 N–H and O–H groups in total. The van der Waals surface area contributed by atoms with Crippen molar-refractivity contribution in [3.05, 3.63) is 29.8 Å². The van der Waals surface area contributed by atoms with E-state index < -0.39 is 18.6 Å². The lowest BCUT2D eigenvalue weighted by molar-refractivity contribution is -0.137. The van der Waals surface area contributed by atoms with Crippen LogP contribution in [0.1, 0.15) is 51.0 Å². The number of anilines is 1. The number of amides is 2. The zero-order chi connectivity index (χ0) is 19.6. The number of benzene rings is 1. The Morgan fingerprint density at radius 2 is 1.74 bits per heavy atom. The van der Waals surface area contributed by atoms with Gasteiger partial charge in [0.2, 0.25) is 5.91 Å². The van der Waals surface area contributed by atoms with Crippen LogP contribution < -0.4 is 10.6 Å². The number of aliphatic carboxylic acids is 1. The number of hydrogen-bond donors (Lipinski definition) is 3. The molecule has 0 aliphatic heterocycles. The number of rotatable bonds is 8. The maximum Gasteiger partial charge on any atom is 0.322 e. The van der Waals surface area contributed by atoms with E-state index in [2.05, 4.69) is 10.6 Å². The van der Waals surface area contributed by atoms with Crippen molar-refractivity contribution in [1.82, 2.24) is 5.32 Å². The number of carbonyl (C=O) groups excluding carboxylic acids is 2. The van der Waals surface area contributed by atoms with Crippen molar-refractivity contribution in [2.75, 3.05) is 11.9 Å². The molecule has 27 heavy (non-hydrogen) atoms. The number of ether oxygens (including phenoxy) is 1. The topological polar surface area (TPSA) is 105 Å². The monoisotopic (exact) mass is 376 g/mol. The molecule has 1 aromatic carbocycles. The molecule has 1 aromatic rings. The van der Waals surface area contributed by atoms with Gasteiger partial charge in [-0.3, -0.25) is 14.4 Å². The number of carbonyl (C=O) groups is 3. The average Bonchev–Trinajstić information content (AvgIpc) is 2.90. The fraction of sp³-hybridized carbons (Fsp3) is 0.550. The van der Waals surface area contributed by atoms with Crippen molar-refractivity contribution >= 4 is 23.5 Å². The highest BCUT2D eigenvalue weighted by Crippen LogP contribution is 2.21. The van der Waals surface area contributed by atoms with Crippen LogP contribution in [-0.4, -0.2) is 41.6 Å². The van der Waals surface area contributed by atoms with Crippen LogP contribution in [0.4, 0.5) is 5.69 Å². The van der Waals surface area contributed by atoms with Crippen molar-refractivity contribution < 1.29 is 24.2 Å².